The molecule has 8 heteroatoms. The summed E-state index contributed by atoms with van der Waals surface area (Å²) in [4.78, 5) is 37.5. The first kappa shape index (κ1) is 20.4. The van der Waals surface area contributed by atoms with E-state index in [2.05, 4.69) is 5.32 Å². The van der Waals surface area contributed by atoms with E-state index in [9.17, 15) is 14.4 Å². The molecule has 154 valence electrons. The van der Waals surface area contributed by atoms with Gasteiger partial charge in [-0.2, -0.15) is 0 Å². The number of amides is 2. The molecule has 0 bridgehead atoms. The van der Waals surface area contributed by atoms with Gasteiger partial charge in [-0.15, -0.1) is 0 Å². The Morgan fingerprint density at radius 1 is 1.03 bits per heavy atom. The zero-order valence-electron chi connectivity index (χ0n) is 16.4. The van der Waals surface area contributed by atoms with Crippen LogP contribution in [-0.2, 0) is 14.3 Å². The molecule has 1 fully saturated rings. The van der Waals surface area contributed by atoms with E-state index in [0.29, 0.717) is 38.1 Å². The van der Waals surface area contributed by atoms with Crippen molar-refractivity contribution in [2.45, 2.75) is 25.8 Å². The number of benzene rings is 1. The molecule has 0 radical (unpaired) electrons. The van der Waals surface area contributed by atoms with Crippen molar-refractivity contribution in [3.05, 3.63) is 54.4 Å². The number of ether oxygens (including phenoxy) is 2. The molecule has 1 aromatic carbocycles. The molecule has 8 nitrogen and oxygen atoms in total. The molecule has 0 spiro atoms. The van der Waals surface area contributed by atoms with Crippen LogP contribution in [0.4, 0.5) is 4.79 Å². The highest BCUT2D eigenvalue weighted by atomic mass is 16.6. The van der Waals surface area contributed by atoms with Crippen molar-refractivity contribution in [2.75, 3.05) is 26.3 Å². The lowest BCUT2D eigenvalue weighted by atomic mass is 10.1. The van der Waals surface area contributed by atoms with Gasteiger partial charge in [0.15, 0.2) is 6.61 Å². The van der Waals surface area contributed by atoms with Gasteiger partial charge < -0.3 is 24.3 Å². The Labute approximate surface area is 169 Å². The van der Waals surface area contributed by atoms with Crippen LogP contribution >= 0.6 is 0 Å². The second-order valence-corrected chi connectivity index (χ2v) is 6.74. The Balaban J connectivity index is 1.40. The van der Waals surface area contributed by atoms with E-state index in [1.807, 2.05) is 41.2 Å². The zero-order valence-corrected chi connectivity index (χ0v) is 16.4. The molecule has 1 aromatic heterocycles. The minimum Gasteiger partial charge on any atom is -0.452 e. The molecule has 1 aliphatic heterocycles. The van der Waals surface area contributed by atoms with Gasteiger partial charge in [0.2, 0.25) is 0 Å². The molecular weight excluding hydrogens is 374 g/mol. The highest BCUT2D eigenvalue weighted by Crippen LogP contribution is 2.12. The number of carbonyl (C=O) groups excluding carboxylic acids is 3. The van der Waals surface area contributed by atoms with E-state index in [1.54, 1.807) is 24.0 Å². The minimum atomic E-state index is -0.545. The number of nitrogens with one attached hydrogen (secondary N) is 1. The van der Waals surface area contributed by atoms with Gasteiger partial charge in [-0.3, -0.25) is 4.79 Å². The summed E-state index contributed by atoms with van der Waals surface area (Å²) in [6.45, 7) is 2.82. The fourth-order valence-corrected chi connectivity index (χ4v) is 3.18. The predicted octanol–water partition coefficient (Wildman–Crippen LogP) is 2.37. The lowest BCUT2D eigenvalue weighted by Crippen LogP contribution is -2.47. The molecule has 2 aromatic rings. The third-order valence-corrected chi connectivity index (χ3v) is 4.73. The molecule has 2 heterocycles. The number of likely N-dealkylation sites (tertiary alicyclic amines) is 1. The number of carbonyl (C=O) groups is 3. The van der Waals surface area contributed by atoms with Crippen molar-refractivity contribution < 1.29 is 23.9 Å². The van der Waals surface area contributed by atoms with Crippen LogP contribution in [-0.4, -0.2) is 59.8 Å². The summed E-state index contributed by atoms with van der Waals surface area (Å²) in [6.07, 6.45) is 4.77. The standard InChI is InChI=1S/C21H25N3O5/c1-2-28-21(27)24-13-9-17(10-14-24)22-19(25)15-29-20(26)16-5-7-18(8-6-16)23-11-3-4-12-23/h3-8,11-12,17H,2,9-10,13-15H2,1H3,(H,22,25). The largest absolute Gasteiger partial charge is 0.452 e. The third-order valence-electron chi connectivity index (χ3n) is 4.73. The van der Waals surface area contributed by atoms with E-state index >= 15 is 0 Å². The molecule has 1 aliphatic rings. The van der Waals surface area contributed by atoms with E-state index in [4.69, 9.17) is 9.47 Å². The number of piperidine rings is 1. The third kappa shape index (κ3) is 5.60. The van der Waals surface area contributed by atoms with Crippen LogP contribution in [0.5, 0.6) is 0 Å². The molecule has 1 saturated heterocycles. The fourth-order valence-electron chi connectivity index (χ4n) is 3.18. The SMILES string of the molecule is CCOC(=O)N1CCC(NC(=O)COC(=O)c2ccc(-n3cccc3)cc2)CC1. The zero-order chi connectivity index (χ0) is 20.6. The first-order valence-corrected chi connectivity index (χ1v) is 9.68. The van der Waals surface area contributed by atoms with Gasteiger partial charge in [0, 0.05) is 37.2 Å². The Hall–Kier alpha value is -3.29. The van der Waals surface area contributed by atoms with Crippen molar-refractivity contribution >= 4 is 18.0 Å². The highest BCUT2D eigenvalue weighted by Gasteiger charge is 2.24. The minimum absolute atomic E-state index is 0.0484. The van der Waals surface area contributed by atoms with Crippen molar-refractivity contribution in [3.63, 3.8) is 0 Å². The van der Waals surface area contributed by atoms with Crippen LogP contribution in [0.15, 0.2) is 48.8 Å². The predicted molar refractivity (Wildman–Crippen MR) is 106 cm³/mol. The second-order valence-electron chi connectivity index (χ2n) is 6.74. The summed E-state index contributed by atoms with van der Waals surface area (Å²) in [5, 5.41) is 2.85. The molecular formula is C21H25N3O5. The maximum atomic E-state index is 12.2. The van der Waals surface area contributed by atoms with Gasteiger partial charge in [-0.05, 0) is 56.2 Å². The normalized spacial score (nSPS) is 14.3. The number of aromatic nitrogens is 1. The lowest BCUT2D eigenvalue weighted by molar-refractivity contribution is -0.125. The number of nitrogens with zero attached hydrogens (tertiary/aromatic N) is 2. The number of esters is 1. The first-order valence-electron chi connectivity index (χ1n) is 9.68. The lowest BCUT2D eigenvalue weighted by Gasteiger charge is -2.31. The molecule has 3 rings (SSSR count). The van der Waals surface area contributed by atoms with E-state index in [-0.39, 0.29) is 24.6 Å². The number of hydrogen-bond acceptors (Lipinski definition) is 5. The average molecular weight is 399 g/mol. The summed E-state index contributed by atoms with van der Waals surface area (Å²) < 4.78 is 12.0. The molecule has 1 N–H and O–H groups in total. The maximum Gasteiger partial charge on any atom is 0.409 e. The highest BCUT2D eigenvalue weighted by molar-refractivity contribution is 5.91. The van der Waals surface area contributed by atoms with E-state index < -0.39 is 5.97 Å². The Kier molecular flexibility index (Phi) is 6.89. The van der Waals surface area contributed by atoms with Crippen LogP contribution < -0.4 is 5.32 Å². The maximum absolute atomic E-state index is 12.2. The molecule has 0 saturated carbocycles. The van der Waals surface area contributed by atoms with Crippen molar-refractivity contribution in [2.24, 2.45) is 0 Å². The van der Waals surface area contributed by atoms with Gasteiger partial charge in [-0.25, -0.2) is 9.59 Å². The topological polar surface area (TPSA) is 89.9 Å². The molecule has 0 unspecified atom stereocenters. The number of hydrogen-bond donors (Lipinski definition) is 1. The smallest absolute Gasteiger partial charge is 0.409 e. The summed E-state index contributed by atoms with van der Waals surface area (Å²) in [5.41, 5.74) is 1.31. The van der Waals surface area contributed by atoms with Gasteiger partial charge in [0.25, 0.3) is 5.91 Å². The van der Waals surface area contributed by atoms with Crippen molar-refractivity contribution in [1.29, 1.82) is 0 Å². The van der Waals surface area contributed by atoms with Crippen LogP contribution in [0.2, 0.25) is 0 Å². The average Bonchev–Trinajstić information content (AvgIpc) is 3.28. The Bertz CT molecular complexity index is 825. The number of rotatable bonds is 6. The molecule has 2 amide bonds. The van der Waals surface area contributed by atoms with Crippen molar-refractivity contribution in [1.82, 2.24) is 14.8 Å². The summed E-state index contributed by atoms with van der Waals surface area (Å²) >= 11 is 0. The fraction of sp³-hybridized carbons (Fsp3) is 0.381. The quantitative estimate of drug-likeness (QED) is 0.754. The summed E-state index contributed by atoms with van der Waals surface area (Å²) in [6, 6.07) is 10.7. The summed E-state index contributed by atoms with van der Waals surface area (Å²) in [5.74, 6) is -0.895. The van der Waals surface area contributed by atoms with Crippen molar-refractivity contribution in [3.8, 4) is 5.69 Å². The van der Waals surface area contributed by atoms with Gasteiger partial charge in [-0.1, -0.05) is 0 Å². The Morgan fingerprint density at radius 3 is 2.31 bits per heavy atom. The molecule has 29 heavy (non-hydrogen) atoms. The van der Waals surface area contributed by atoms with Crippen LogP contribution in [0, 0.1) is 0 Å². The van der Waals surface area contributed by atoms with Crippen LogP contribution in [0.25, 0.3) is 5.69 Å². The molecule has 0 aliphatic carbocycles. The van der Waals surface area contributed by atoms with Gasteiger partial charge in [0.1, 0.15) is 0 Å². The van der Waals surface area contributed by atoms with Gasteiger partial charge in [0.05, 0.1) is 12.2 Å². The second kappa shape index (κ2) is 9.77. The van der Waals surface area contributed by atoms with Gasteiger partial charge >= 0.3 is 12.1 Å². The molecule has 0 atom stereocenters. The van der Waals surface area contributed by atoms with E-state index in [0.717, 1.165) is 5.69 Å². The summed E-state index contributed by atoms with van der Waals surface area (Å²) in [7, 11) is 0. The monoisotopic (exact) mass is 399 g/mol. The van der Waals surface area contributed by atoms with Crippen LogP contribution in [0.3, 0.4) is 0 Å². The van der Waals surface area contributed by atoms with E-state index in [1.165, 1.54) is 0 Å². The first-order chi connectivity index (χ1) is 14.1. The Morgan fingerprint density at radius 2 is 1.69 bits per heavy atom. The van der Waals surface area contributed by atoms with Crippen LogP contribution in [0.1, 0.15) is 30.1 Å².